The number of ether oxygens (including phenoxy) is 2. The first-order valence-electron chi connectivity index (χ1n) is 8.81. The first-order valence-corrected chi connectivity index (χ1v) is 8.81. The van der Waals surface area contributed by atoms with E-state index in [1.807, 2.05) is 12.3 Å². The van der Waals surface area contributed by atoms with Crippen LogP contribution in [0.1, 0.15) is 49.5 Å². The molecule has 0 saturated carbocycles. The first kappa shape index (κ1) is 14.6. The van der Waals surface area contributed by atoms with Crippen LogP contribution in [0.15, 0.2) is 18.3 Å². The molecule has 1 aromatic rings. The van der Waals surface area contributed by atoms with Crippen molar-refractivity contribution in [1.29, 1.82) is 0 Å². The zero-order valence-corrected chi connectivity index (χ0v) is 13.2. The molecule has 2 fully saturated rings. The smallest absolute Gasteiger partial charge is 0.100 e. The van der Waals surface area contributed by atoms with Crippen molar-refractivity contribution in [2.45, 2.75) is 56.8 Å². The lowest BCUT2D eigenvalue weighted by Crippen LogP contribution is -2.34. The second kappa shape index (κ2) is 6.65. The molecule has 1 aliphatic carbocycles. The number of rotatable bonds is 3. The van der Waals surface area contributed by atoms with Crippen molar-refractivity contribution < 1.29 is 9.47 Å². The van der Waals surface area contributed by atoms with Gasteiger partial charge in [0.15, 0.2) is 0 Å². The van der Waals surface area contributed by atoms with Gasteiger partial charge in [-0.3, -0.25) is 9.88 Å². The van der Waals surface area contributed by atoms with Crippen LogP contribution >= 0.6 is 0 Å². The van der Waals surface area contributed by atoms with E-state index in [0.717, 1.165) is 39.0 Å². The van der Waals surface area contributed by atoms with Crippen LogP contribution in [0.4, 0.5) is 0 Å². The molecule has 2 saturated heterocycles. The van der Waals surface area contributed by atoms with Crippen LogP contribution in [-0.4, -0.2) is 48.3 Å². The van der Waals surface area contributed by atoms with Gasteiger partial charge in [0.1, 0.15) is 6.10 Å². The fraction of sp³-hybridized carbons (Fsp3) is 0.722. The van der Waals surface area contributed by atoms with Crippen LogP contribution in [0.25, 0.3) is 0 Å². The minimum absolute atomic E-state index is 0.221. The second-order valence-electron chi connectivity index (χ2n) is 6.81. The molecule has 3 heterocycles. The predicted octanol–water partition coefficient (Wildman–Crippen LogP) is 2.73. The van der Waals surface area contributed by atoms with Crippen molar-refractivity contribution in [3.05, 3.63) is 29.6 Å². The van der Waals surface area contributed by atoms with Gasteiger partial charge in [0, 0.05) is 38.5 Å². The van der Waals surface area contributed by atoms with Crippen molar-refractivity contribution in [1.82, 2.24) is 9.88 Å². The molecule has 0 N–H and O–H groups in total. The average Bonchev–Trinajstić information content (AvgIpc) is 3.08. The summed E-state index contributed by atoms with van der Waals surface area (Å²) in [5, 5.41) is 0. The number of fused-ring (bicyclic) bond motifs is 1. The highest BCUT2D eigenvalue weighted by atomic mass is 16.5. The Morgan fingerprint density at radius 2 is 2.18 bits per heavy atom. The monoisotopic (exact) mass is 302 g/mol. The molecule has 4 nitrogen and oxygen atoms in total. The van der Waals surface area contributed by atoms with Crippen molar-refractivity contribution in [2.24, 2.45) is 0 Å². The van der Waals surface area contributed by atoms with Gasteiger partial charge in [0.25, 0.3) is 0 Å². The van der Waals surface area contributed by atoms with Crippen LogP contribution in [0.2, 0.25) is 0 Å². The number of aromatic nitrogens is 1. The van der Waals surface area contributed by atoms with Crippen molar-refractivity contribution in [3.8, 4) is 0 Å². The Morgan fingerprint density at radius 1 is 1.18 bits per heavy atom. The third kappa shape index (κ3) is 3.05. The quantitative estimate of drug-likeness (QED) is 0.860. The summed E-state index contributed by atoms with van der Waals surface area (Å²) < 4.78 is 12.0. The van der Waals surface area contributed by atoms with E-state index >= 15 is 0 Å². The minimum atomic E-state index is 0.221. The minimum Gasteiger partial charge on any atom is -0.381 e. The Hall–Kier alpha value is -0.970. The first-order chi connectivity index (χ1) is 10.9. The van der Waals surface area contributed by atoms with E-state index in [0.29, 0.717) is 12.1 Å². The topological polar surface area (TPSA) is 34.6 Å². The molecule has 0 aromatic carbocycles. The Kier molecular flexibility index (Phi) is 4.42. The van der Waals surface area contributed by atoms with Gasteiger partial charge in [-0.15, -0.1) is 0 Å². The summed E-state index contributed by atoms with van der Waals surface area (Å²) >= 11 is 0. The van der Waals surface area contributed by atoms with E-state index in [4.69, 9.17) is 9.47 Å². The molecule has 22 heavy (non-hydrogen) atoms. The number of nitrogens with zero attached hydrogens (tertiary/aromatic N) is 2. The molecule has 3 atom stereocenters. The normalized spacial score (nSPS) is 32.8. The number of pyridine rings is 1. The Bertz CT molecular complexity index is 500. The molecule has 2 aliphatic heterocycles. The average molecular weight is 302 g/mol. The summed E-state index contributed by atoms with van der Waals surface area (Å²) in [5.74, 6) is 0. The molecule has 1 aromatic heterocycles. The molecular formula is C18H26N2O2. The summed E-state index contributed by atoms with van der Waals surface area (Å²) in [4.78, 5) is 7.18. The lowest BCUT2D eigenvalue weighted by molar-refractivity contribution is -0.0109. The molecule has 120 valence electrons. The van der Waals surface area contributed by atoms with Gasteiger partial charge < -0.3 is 9.47 Å². The molecule has 0 amide bonds. The van der Waals surface area contributed by atoms with Gasteiger partial charge in [-0.25, -0.2) is 0 Å². The van der Waals surface area contributed by atoms with Gasteiger partial charge in [0.2, 0.25) is 0 Å². The van der Waals surface area contributed by atoms with Crippen molar-refractivity contribution in [2.75, 3.05) is 26.3 Å². The SMILES string of the molecule is c1cnc2c(c1)CCC2O[C@@H]1CCN(C2CCCOCC2)C1. The molecule has 4 rings (SSSR count). The number of hydrogen-bond acceptors (Lipinski definition) is 4. The van der Waals surface area contributed by atoms with E-state index in [9.17, 15) is 0 Å². The molecule has 0 spiro atoms. The Balaban J connectivity index is 1.34. The Labute approximate surface area is 132 Å². The summed E-state index contributed by atoms with van der Waals surface area (Å²) in [6.07, 6.45) is 9.53. The zero-order chi connectivity index (χ0) is 14.8. The summed E-state index contributed by atoms with van der Waals surface area (Å²) in [7, 11) is 0. The third-order valence-corrected chi connectivity index (χ3v) is 5.38. The molecular weight excluding hydrogens is 276 g/mol. The van der Waals surface area contributed by atoms with Gasteiger partial charge in [-0.1, -0.05) is 6.07 Å². The molecule has 0 radical (unpaired) electrons. The van der Waals surface area contributed by atoms with Crippen LogP contribution in [0.5, 0.6) is 0 Å². The fourth-order valence-corrected chi connectivity index (χ4v) is 4.19. The largest absolute Gasteiger partial charge is 0.381 e. The molecule has 2 unspecified atom stereocenters. The maximum atomic E-state index is 6.42. The van der Waals surface area contributed by atoms with E-state index in [1.165, 1.54) is 37.1 Å². The Morgan fingerprint density at radius 3 is 3.18 bits per heavy atom. The van der Waals surface area contributed by atoms with Crippen molar-refractivity contribution in [3.63, 3.8) is 0 Å². The van der Waals surface area contributed by atoms with Crippen LogP contribution in [0.3, 0.4) is 0 Å². The maximum absolute atomic E-state index is 6.42. The van der Waals surface area contributed by atoms with Gasteiger partial charge in [0.05, 0.1) is 11.8 Å². The van der Waals surface area contributed by atoms with Crippen LogP contribution in [-0.2, 0) is 15.9 Å². The highest BCUT2D eigenvalue weighted by Gasteiger charge is 2.33. The highest BCUT2D eigenvalue weighted by molar-refractivity contribution is 5.26. The second-order valence-corrected chi connectivity index (χ2v) is 6.81. The van der Waals surface area contributed by atoms with Gasteiger partial charge in [-0.2, -0.15) is 0 Å². The fourth-order valence-electron chi connectivity index (χ4n) is 4.19. The lowest BCUT2D eigenvalue weighted by atomic mass is 10.1. The number of hydrogen-bond donors (Lipinski definition) is 0. The van der Waals surface area contributed by atoms with E-state index in [-0.39, 0.29) is 6.10 Å². The third-order valence-electron chi connectivity index (χ3n) is 5.38. The van der Waals surface area contributed by atoms with Crippen LogP contribution < -0.4 is 0 Å². The van der Waals surface area contributed by atoms with Gasteiger partial charge >= 0.3 is 0 Å². The lowest BCUT2D eigenvalue weighted by Gasteiger charge is -2.26. The summed E-state index contributed by atoms with van der Waals surface area (Å²) in [6.45, 7) is 4.13. The standard InChI is InChI=1S/C18H26N2O2/c1-3-14-5-6-17(18(14)19-9-1)22-16-7-10-20(13-16)15-4-2-11-21-12-8-15/h1,3,9,15-17H,2,4-8,10-13H2/t15?,16-,17?/m1/s1. The molecule has 3 aliphatic rings. The van der Waals surface area contributed by atoms with E-state index in [2.05, 4.69) is 16.0 Å². The van der Waals surface area contributed by atoms with Crippen LogP contribution in [0, 0.1) is 0 Å². The number of aryl methyl sites for hydroxylation is 1. The van der Waals surface area contributed by atoms with E-state index < -0.39 is 0 Å². The molecule has 0 bridgehead atoms. The van der Waals surface area contributed by atoms with Crippen molar-refractivity contribution >= 4 is 0 Å². The predicted molar refractivity (Wildman–Crippen MR) is 84.8 cm³/mol. The molecule has 4 heteroatoms. The summed E-state index contributed by atoms with van der Waals surface area (Å²) in [5.41, 5.74) is 2.56. The van der Waals surface area contributed by atoms with E-state index in [1.54, 1.807) is 0 Å². The number of likely N-dealkylation sites (tertiary alicyclic amines) is 1. The summed E-state index contributed by atoms with van der Waals surface area (Å²) in [6, 6.07) is 4.93. The zero-order valence-electron chi connectivity index (χ0n) is 13.2. The van der Waals surface area contributed by atoms with Gasteiger partial charge in [-0.05, 0) is 50.2 Å². The highest BCUT2D eigenvalue weighted by Crippen LogP contribution is 2.34. The maximum Gasteiger partial charge on any atom is 0.100 e.